The lowest BCUT2D eigenvalue weighted by Gasteiger charge is -2.30. The van der Waals surface area contributed by atoms with E-state index in [0.717, 1.165) is 13.0 Å². The van der Waals surface area contributed by atoms with Gasteiger partial charge in [-0.2, -0.15) is 0 Å². The van der Waals surface area contributed by atoms with Crippen molar-refractivity contribution >= 4 is 27.3 Å². The van der Waals surface area contributed by atoms with E-state index in [9.17, 15) is 0 Å². The smallest absolute Gasteiger partial charge is 0.0704 e. The number of hydrogen-bond donors (Lipinski definition) is 1. The van der Waals surface area contributed by atoms with Crippen LogP contribution >= 0.6 is 27.3 Å². The highest BCUT2D eigenvalue weighted by atomic mass is 79.9. The average Bonchev–Trinajstić information content (AvgIpc) is 2.83. The van der Waals surface area contributed by atoms with Crippen molar-refractivity contribution in [2.24, 2.45) is 11.8 Å². The number of thiophene rings is 1. The molecule has 1 saturated heterocycles. The Morgan fingerprint density at radius 3 is 2.50 bits per heavy atom. The Labute approximate surface area is 135 Å². The Balaban J connectivity index is 2.30. The second-order valence-electron chi connectivity index (χ2n) is 5.98. The first-order chi connectivity index (χ1) is 9.45. The summed E-state index contributed by atoms with van der Waals surface area (Å²) >= 11 is 5.46. The summed E-state index contributed by atoms with van der Waals surface area (Å²) in [6.45, 7) is 12.3. The number of hydrogen-bond acceptors (Lipinski definition) is 3. The summed E-state index contributed by atoms with van der Waals surface area (Å²) in [5, 5.41) is 3.77. The van der Waals surface area contributed by atoms with Gasteiger partial charge in [-0.25, -0.2) is 0 Å². The normalized spacial score (nSPS) is 31.7. The lowest BCUT2D eigenvalue weighted by atomic mass is 9.80. The molecule has 0 amide bonds. The molecule has 1 aliphatic heterocycles. The van der Waals surface area contributed by atoms with Crippen LogP contribution in [0.1, 0.15) is 50.6 Å². The molecule has 2 heterocycles. The zero-order valence-electron chi connectivity index (χ0n) is 13.1. The van der Waals surface area contributed by atoms with E-state index in [1.54, 1.807) is 0 Å². The van der Waals surface area contributed by atoms with E-state index >= 15 is 0 Å². The van der Waals surface area contributed by atoms with Crippen molar-refractivity contribution in [3.63, 3.8) is 0 Å². The Morgan fingerprint density at radius 2 is 2.05 bits per heavy atom. The van der Waals surface area contributed by atoms with E-state index in [4.69, 9.17) is 4.74 Å². The SMILES string of the molecule is CCCNC(c1cc(Br)sc1C)C1C(C)OC(C)C1C. The molecule has 1 aliphatic rings. The third kappa shape index (κ3) is 3.29. The molecule has 0 aromatic carbocycles. The summed E-state index contributed by atoms with van der Waals surface area (Å²) in [4.78, 5) is 1.41. The van der Waals surface area contributed by atoms with Crippen LogP contribution in [0, 0.1) is 18.8 Å². The van der Waals surface area contributed by atoms with Gasteiger partial charge in [-0.1, -0.05) is 13.8 Å². The van der Waals surface area contributed by atoms with Crippen molar-refractivity contribution < 1.29 is 4.74 Å². The standard InChI is InChI=1S/C16H26BrNOS/c1-6-7-18-16(13-8-14(17)20-12(13)5)15-9(2)10(3)19-11(15)4/h8-11,15-16,18H,6-7H2,1-5H3. The van der Waals surface area contributed by atoms with Crippen LogP contribution in [0.25, 0.3) is 0 Å². The lowest BCUT2D eigenvalue weighted by molar-refractivity contribution is 0.0475. The van der Waals surface area contributed by atoms with Crippen molar-refractivity contribution in [2.75, 3.05) is 6.54 Å². The Kier molecular flexibility index (Phi) is 5.69. The highest BCUT2D eigenvalue weighted by molar-refractivity contribution is 9.11. The van der Waals surface area contributed by atoms with Gasteiger partial charge in [-0.15, -0.1) is 11.3 Å². The molecular weight excluding hydrogens is 334 g/mol. The van der Waals surface area contributed by atoms with E-state index in [1.165, 1.54) is 14.2 Å². The van der Waals surface area contributed by atoms with Crippen molar-refractivity contribution in [2.45, 2.75) is 59.3 Å². The number of rotatable bonds is 5. The molecule has 1 aromatic rings. The maximum Gasteiger partial charge on any atom is 0.0704 e. The second-order valence-corrected chi connectivity index (χ2v) is 8.61. The molecule has 5 unspecified atom stereocenters. The van der Waals surface area contributed by atoms with Crippen molar-refractivity contribution in [1.29, 1.82) is 0 Å². The van der Waals surface area contributed by atoms with Gasteiger partial charge in [0.15, 0.2) is 0 Å². The van der Waals surface area contributed by atoms with Crippen LogP contribution in [0.15, 0.2) is 9.85 Å². The van der Waals surface area contributed by atoms with Gasteiger partial charge in [-0.3, -0.25) is 0 Å². The minimum Gasteiger partial charge on any atom is -0.375 e. The van der Waals surface area contributed by atoms with Gasteiger partial charge in [0.2, 0.25) is 0 Å². The minimum absolute atomic E-state index is 0.312. The van der Waals surface area contributed by atoms with Crippen LogP contribution in [-0.2, 0) is 4.74 Å². The minimum atomic E-state index is 0.312. The van der Waals surface area contributed by atoms with Gasteiger partial charge in [-0.05, 0) is 67.2 Å². The lowest BCUT2D eigenvalue weighted by Crippen LogP contribution is -2.35. The molecule has 2 rings (SSSR count). The van der Waals surface area contributed by atoms with E-state index in [0.29, 0.717) is 30.1 Å². The fraction of sp³-hybridized carbons (Fsp3) is 0.750. The molecule has 4 heteroatoms. The maximum atomic E-state index is 6.07. The van der Waals surface area contributed by atoms with Crippen molar-refractivity contribution in [1.82, 2.24) is 5.32 Å². The molecule has 0 radical (unpaired) electrons. The molecule has 5 atom stereocenters. The van der Waals surface area contributed by atoms with Gasteiger partial charge < -0.3 is 10.1 Å². The van der Waals surface area contributed by atoms with Crippen LogP contribution in [0.4, 0.5) is 0 Å². The summed E-state index contributed by atoms with van der Waals surface area (Å²) in [6.07, 6.45) is 1.82. The number of nitrogens with one attached hydrogen (secondary N) is 1. The summed E-state index contributed by atoms with van der Waals surface area (Å²) in [6, 6.07) is 2.68. The van der Waals surface area contributed by atoms with Crippen molar-refractivity contribution in [3.8, 4) is 0 Å². The number of aryl methyl sites for hydroxylation is 1. The van der Waals surface area contributed by atoms with E-state index in [-0.39, 0.29) is 0 Å². The first kappa shape index (κ1) is 16.5. The van der Waals surface area contributed by atoms with E-state index in [1.807, 2.05) is 11.3 Å². The second kappa shape index (κ2) is 6.91. The Bertz CT molecular complexity index is 448. The molecule has 0 aliphatic carbocycles. The van der Waals surface area contributed by atoms with Gasteiger partial charge in [0.05, 0.1) is 16.0 Å². The fourth-order valence-electron chi connectivity index (χ4n) is 3.39. The van der Waals surface area contributed by atoms with Crippen LogP contribution in [0.2, 0.25) is 0 Å². The van der Waals surface area contributed by atoms with Gasteiger partial charge >= 0.3 is 0 Å². The predicted molar refractivity (Wildman–Crippen MR) is 90.5 cm³/mol. The molecule has 0 saturated carbocycles. The third-order valence-corrected chi connectivity index (χ3v) is 6.15. The van der Waals surface area contributed by atoms with Gasteiger partial charge in [0, 0.05) is 16.8 Å². The highest BCUT2D eigenvalue weighted by Gasteiger charge is 2.42. The molecular formula is C16H26BrNOS. The van der Waals surface area contributed by atoms with Crippen LogP contribution in [-0.4, -0.2) is 18.8 Å². The Morgan fingerprint density at radius 1 is 1.35 bits per heavy atom. The largest absolute Gasteiger partial charge is 0.375 e. The van der Waals surface area contributed by atoms with Crippen LogP contribution in [0.5, 0.6) is 0 Å². The summed E-state index contributed by atoms with van der Waals surface area (Å²) in [7, 11) is 0. The molecule has 0 bridgehead atoms. The fourth-order valence-corrected chi connectivity index (χ4v) is 5.15. The van der Waals surface area contributed by atoms with E-state index in [2.05, 4.69) is 61.9 Å². The molecule has 20 heavy (non-hydrogen) atoms. The average molecular weight is 360 g/mol. The number of ether oxygens (including phenoxy) is 1. The quantitative estimate of drug-likeness (QED) is 0.805. The molecule has 1 fully saturated rings. The van der Waals surface area contributed by atoms with Crippen LogP contribution < -0.4 is 5.32 Å². The monoisotopic (exact) mass is 359 g/mol. The molecule has 2 nitrogen and oxygen atoms in total. The zero-order valence-corrected chi connectivity index (χ0v) is 15.5. The molecule has 1 aromatic heterocycles. The molecule has 114 valence electrons. The summed E-state index contributed by atoms with van der Waals surface area (Å²) < 4.78 is 7.29. The highest BCUT2D eigenvalue weighted by Crippen LogP contribution is 2.43. The third-order valence-electron chi connectivity index (χ3n) is 4.58. The topological polar surface area (TPSA) is 21.3 Å². The number of halogens is 1. The van der Waals surface area contributed by atoms with E-state index < -0.39 is 0 Å². The molecule has 1 N–H and O–H groups in total. The van der Waals surface area contributed by atoms with Gasteiger partial charge in [0.1, 0.15) is 0 Å². The summed E-state index contributed by atoms with van der Waals surface area (Å²) in [5.74, 6) is 1.12. The Hall–Kier alpha value is 0.1000. The molecule has 0 spiro atoms. The van der Waals surface area contributed by atoms with Crippen molar-refractivity contribution in [3.05, 3.63) is 20.3 Å². The predicted octanol–water partition coefficient (Wildman–Crippen LogP) is 4.92. The van der Waals surface area contributed by atoms with Crippen LogP contribution in [0.3, 0.4) is 0 Å². The van der Waals surface area contributed by atoms with Gasteiger partial charge in [0.25, 0.3) is 0 Å². The first-order valence-electron chi connectivity index (χ1n) is 7.60. The summed E-state index contributed by atoms with van der Waals surface area (Å²) in [5.41, 5.74) is 1.44. The first-order valence-corrected chi connectivity index (χ1v) is 9.21. The zero-order chi connectivity index (χ0) is 14.9. The maximum absolute atomic E-state index is 6.07.